The predicted molar refractivity (Wildman–Crippen MR) is 114 cm³/mol. The molecule has 5 nitrogen and oxygen atoms in total. The third kappa shape index (κ3) is 3.54. The molecule has 0 aliphatic heterocycles. The lowest BCUT2D eigenvalue weighted by atomic mass is 9.83. The maximum atomic E-state index is 13.0. The van der Waals surface area contributed by atoms with E-state index < -0.39 is 26.4 Å². The lowest BCUT2D eigenvalue weighted by Crippen LogP contribution is -2.38. The van der Waals surface area contributed by atoms with Gasteiger partial charge in [0.15, 0.2) is 4.75 Å². The van der Waals surface area contributed by atoms with Gasteiger partial charge >= 0.3 is 0 Å². The van der Waals surface area contributed by atoms with Crippen molar-refractivity contribution in [3.8, 4) is 11.5 Å². The first-order chi connectivity index (χ1) is 13.5. The van der Waals surface area contributed by atoms with Crippen molar-refractivity contribution in [2.75, 3.05) is 0 Å². The van der Waals surface area contributed by atoms with E-state index in [0.717, 1.165) is 6.07 Å². The SMILES string of the molecule is O=S(=O)(O)C(c1ccccc1)(c1cc(Cl)ccc1O)c1cc(O)c(Cl)c(Cl)c1Cl. The Morgan fingerprint density at radius 2 is 1.34 bits per heavy atom. The van der Waals surface area contributed by atoms with Crippen molar-refractivity contribution in [1.29, 1.82) is 0 Å². The number of aromatic hydroxyl groups is 2. The fourth-order valence-corrected chi connectivity index (χ4v) is 5.42. The van der Waals surface area contributed by atoms with Crippen LogP contribution in [0, 0.1) is 0 Å². The molecule has 0 fully saturated rings. The first-order valence-corrected chi connectivity index (χ1v) is 10.9. The van der Waals surface area contributed by atoms with Crippen molar-refractivity contribution < 1.29 is 23.2 Å². The summed E-state index contributed by atoms with van der Waals surface area (Å²) in [5, 5.41) is 19.9. The van der Waals surface area contributed by atoms with Crippen LogP contribution in [0.3, 0.4) is 0 Å². The fourth-order valence-electron chi connectivity index (χ4n) is 3.19. The minimum atomic E-state index is -5.11. The molecule has 29 heavy (non-hydrogen) atoms. The van der Waals surface area contributed by atoms with E-state index in [-0.39, 0.29) is 36.8 Å². The molecule has 0 saturated carbocycles. The lowest BCUT2D eigenvalue weighted by molar-refractivity contribution is 0.439. The summed E-state index contributed by atoms with van der Waals surface area (Å²) in [6, 6.07) is 12.2. The van der Waals surface area contributed by atoms with E-state index in [1.165, 1.54) is 42.5 Å². The van der Waals surface area contributed by atoms with Crippen molar-refractivity contribution >= 4 is 56.5 Å². The van der Waals surface area contributed by atoms with E-state index >= 15 is 0 Å². The van der Waals surface area contributed by atoms with Gasteiger partial charge < -0.3 is 10.2 Å². The van der Waals surface area contributed by atoms with E-state index in [2.05, 4.69) is 0 Å². The maximum absolute atomic E-state index is 13.0. The summed E-state index contributed by atoms with van der Waals surface area (Å²) >= 11 is 24.4. The van der Waals surface area contributed by atoms with E-state index in [9.17, 15) is 23.2 Å². The second-order valence-electron chi connectivity index (χ2n) is 6.07. The van der Waals surface area contributed by atoms with Gasteiger partial charge in [0, 0.05) is 16.1 Å². The molecular weight excluding hydrogens is 482 g/mol. The van der Waals surface area contributed by atoms with Crippen LogP contribution in [0.25, 0.3) is 0 Å². The average Bonchev–Trinajstić information content (AvgIpc) is 2.67. The molecular formula is C19H12Cl4O5S. The third-order valence-corrected chi connectivity index (χ3v) is 7.44. The van der Waals surface area contributed by atoms with E-state index in [0.29, 0.717) is 0 Å². The van der Waals surface area contributed by atoms with Crippen molar-refractivity contribution in [1.82, 2.24) is 0 Å². The first kappa shape index (κ1) is 22.0. The molecule has 10 heteroatoms. The molecule has 152 valence electrons. The highest BCUT2D eigenvalue weighted by Gasteiger charge is 2.52. The quantitative estimate of drug-likeness (QED) is 0.239. The van der Waals surface area contributed by atoms with Crippen molar-refractivity contribution in [2.45, 2.75) is 4.75 Å². The molecule has 0 spiro atoms. The van der Waals surface area contributed by atoms with E-state index in [1.54, 1.807) is 6.07 Å². The molecule has 0 bridgehead atoms. The third-order valence-electron chi connectivity index (χ3n) is 4.41. The van der Waals surface area contributed by atoms with E-state index in [1.807, 2.05) is 0 Å². The zero-order valence-corrected chi connectivity index (χ0v) is 18.1. The smallest absolute Gasteiger partial charge is 0.283 e. The molecule has 3 rings (SSSR count). The van der Waals surface area contributed by atoms with Crippen LogP contribution < -0.4 is 0 Å². The van der Waals surface area contributed by atoms with Crippen LogP contribution in [-0.4, -0.2) is 23.2 Å². The van der Waals surface area contributed by atoms with Crippen LogP contribution in [0.4, 0.5) is 0 Å². The highest BCUT2D eigenvalue weighted by atomic mass is 35.5. The summed E-state index contributed by atoms with van der Waals surface area (Å²) in [6.45, 7) is 0. The zero-order chi connectivity index (χ0) is 21.6. The minimum Gasteiger partial charge on any atom is -0.508 e. The van der Waals surface area contributed by atoms with Gasteiger partial charge in [-0.2, -0.15) is 8.42 Å². The minimum absolute atomic E-state index is 0.0137. The summed E-state index contributed by atoms with van der Waals surface area (Å²) in [5.74, 6) is -1.06. The van der Waals surface area contributed by atoms with Crippen LogP contribution in [0.5, 0.6) is 11.5 Å². The Bertz CT molecular complexity index is 1200. The summed E-state index contributed by atoms with van der Waals surface area (Å²) in [4.78, 5) is 0. The monoisotopic (exact) mass is 492 g/mol. The number of phenols is 2. The van der Waals surface area contributed by atoms with Gasteiger partial charge in [0.05, 0.1) is 10.0 Å². The topological polar surface area (TPSA) is 94.8 Å². The molecule has 3 aromatic rings. The predicted octanol–water partition coefficient (Wildman–Crippen LogP) is 5.89. The second-order valence-corrected chi connectivity index (χ2v) is 9.20. The Balaban J connectivity index is 2.65. The van der Waals surface area contributed by atoms with E-state index in [4.69, 9.17) is 46.4 Å². The van der Waals surface area contributed by atoms with Gasteiger partial charge in [-0.05, 0) is 29.8 Å². The lowest BCUT2D eigenvalue weighted by Gasteiger charge is -2.34. The van der Waals surface area contributed by atoms with Crippen LogP contribution in [0.2, 0.25) is 20.1 Å². The normalized spacial score (nSPS) is 13.8. The molecule has 0 radical (unpaired) electrons. The Labute approximate surface area is 186 Å². The number of phenolic OH excluding ortho intramolecular Hbond substituents is 2. The van der Waals surface area contributed by atoms with Crippen molar-refractivity contribution in [3.63, 3.8) is 0 Å². The van der Waals surface area contributed by atoms with Crippen LogP contribution in [0.1, 0.15) is 16.7 Å². The molecule has 1 atom stereocenters. The molecule has 0 aromatic heterocycles. The number of hydrogen-bond donors (Lipinski definition) is 3. The molecule has 0 amide bonds. The van der Waals surface area contributed by atoms with Gasteiger partial charge in [0.2, 0.25) is 0 Å². The Hall–Kier alpha value is -1.67. The Morgan fingerprint density at radius 1 is 0.724 bits per heavy atom. The van der Waals surface area contributed by atoms with Gasteiger partial charge in [0.25, 0.3) is 10.1 Å². The van der Waals surface area contributed by atoms with Crippen molar-refractivity contribution in [2.24, 2.45) is 0 Å². The molecule has 1 unspecified atom stereocenters. The molecule has 3 aromatic carbocycles. The number of halogens is 4. The average molecular weight is 494 g/mol. The molecule has 3 N–H and O–H groups in total. The standard InChI is InChI=1S/C19H12Cl4O5S/c20-11-6-7-14(24)12(8-11)19(29(26,27)28,10-4-2-1-3-5-10)13-9-15(25)17(22)18(23)16(13)21/h1-9,24-25H,(H,26,27,28). The highest BCUT2D eigenvalue weighted by molar-refractivity contribution is 7.87. The summed E-state index contributed by atoms with van der Waals surface area (Å²) in [6.07, 6.45) is 0. The summed E-state index contributed by atoms with van der Waals surface area (Å²) in [7, 11) is -5.11. The number of hydrogen-bond acceptors (Lipinski definition) is 4. The second kappa shape index (κ2) is 7.87. The van der Waals surface area contributed by atoms with Crippen LogP contribution in [-0.2, 0) is 14.9 Å². The van der Waals surface area contributed by atoms with Crippen molar-refractivity contribution in [3.05, 3.63) is 91.4 Å². The molecule has 0 aliphatic rings. The van der Waals surface area contributed by atoms with Gasteiger partial charge in [-0.15, -0.1) is 0 Å². The van der Waals surface area contributed by atoms with Gasteiger partial charge in [0.1, 0.15) is 16.5 Å². The number of benzene rings is 3. The number of rotatable bonds is 4. The Morgan fingerprint density at radius 3 is 1.93 bits per heavy atom. The summed E-state index contributed by atoms with van der Waals surface area (Å²) in [5.41, 5.74) is -0.601. The molecule has 0 saturated heterocycles. The van der Waals surface area contributed by atoms with Gasteiger partial charge in [-0.1, -0.05) is 76.7 Å². The molecule has 0 aliphatic carbocycles. The summed E-state index contributed by atoms with van der Waals surface area (Å²) < 4.78 is 33.9. The van der Waals surface area contributed by atoms with Gasteiger partial charge in [-0.25, -0.2) is 0 Å². The molecule has 0 heterocycles. The Kier molecular flexibility index (Phi) is 5.98. The first-order valence-electron chi connectivity index (χ1n) is 7.90. The van der Waals surface area contributed by atoms with Crippen LogP contribution in [0.15, 0.2) is 54.6 Å². The maximum Gasteiger partial charge on any atom is 0.283 e. The highest BCUT2D eigenvalue weighted by Crippen LogP contribution is 2.53. The fraction of sp³-hybridized carbons (Fsp3) is 0.0526. The zero-order valence-electron chi connectivity index (χ0n) is 14.3. The van der Waals surface area contributed by atoms with Gasteiger partial charge in [-0.3, -0.25) is 4.55 Å². The largest absolute Gasteiger partial charge is 0.508 e. The van der Waals surface area contributed by atoms with Crippen LogP contribution >= 0.6 is 46.4 Å².